The number of piperidine rings is 1. The average molecular weight is 439 g/mol. The van der Waals surface area contributed by atoms with Crippen LogP contribution in [0.5, 0.6) is 11.5 Å². The number of amides is 1. The molecule has 3 aromatic rings. The number of ether oxygens (including phenoxy) is 2. The fourth-order valence-corrected chi connectivity index (χ4v) is 4.28. The second-order valence-corrected chi connectivity index (χ2v) is 8.11. The summed E-state index contributed by atoms with van der Waals surface area (Å²) in [6.07, 6.45) is 6.75. The van der Waals surface area contributed by atoms with Gasteiger partial charge in [0.15, 0.2) is 11.5 Å². The van der Waals surface area contributed by atoms with Crippen molar-refractivity contribution in [3.8, 4) is 11.5 Å². The number of rotatable bonds is 7. The monoisotopic (exact) mass is 438 g/mol. The molecule has 1 fully saturated rings. The van der Waals surface area contributed by atoms with Gasteiger partial charge >= 0.3 is 0 Å². The van der Waals surface area contributed by atoms with Gasteiger partial charge < -0.3 is 23.5 Å². The lowest BCUT2D eigenvalue weighted by atomic mass is 10.0. The van der Waals surface area contributed by atoms with Crippen LogP contribution in [0, 0.1) is 13.8 Å². The summed E-state index contributed by atoms with van der Waals surface area (Å²) in [6.45, 7) is 7.59. The summed E-state index contributed by atoms with van der Waals surface area (Å²) in [7, 11) is 1.58. The van der Waals surface area contributed by atoms with E-state index in [-0.39, 0.29) is 11.9 Å². The predicted molar refractivity (Wildman–Crippen MR) is 119 cm³/mol. The molecule has 8 nitrogen and oxygen atoms in total. The molecule has 32 heavy (non-hydrogen) atoms. The Labute approximate surface area is 188 Å². The minimum Gasteiger partial charge on any atom is -0.493 e. The van der Waals surface area contributed by atoms with Crippen molar-refractivity contribution in [3.05, 3.63) is 59.0 Å². The Balaban J connectivity index is 1.47. The average Bonchev–Trinajstić information content (AvgIpc) is 3.43. The molecule has 1 aliphatic heterocycles. The third-order valence-electron chi connectivity index (χ3n) is 6.11. The first-order valence-corrected chi connectivity index (χ1v) is 11.0. The Bertz CT molecular complexity index is 1070. The fourth-order valence-electron chi connectivity index (χ4n) is 4.28. The molecular weight excluding hydrogens is 408 g/mol. The van der Waals surface area contributed by atoms with Crippen LogP contribution < -0.4 is 9.47 Å². The summed E-state index contributed by atoms with van der Waals surface area (Å²) in [5, 5.41) is 3.95. The Morgan fingerprint density at radius 2 is 2.12 bits per heavy atom. The molecule has 1 aliphatic rings. The van der Waals surface area contributed by atoms with Crippen LogP contribution in [0.25, 0.3) is 0 Å². The first-order chi connectivity index (χ1) is 15.5. The van der Waals surface area contributed by atoms with Gasteiger partial charge in [-0.25, -0.2) is 4.98 Å². The van der Waals surface area contributed by atoms with E-state index in [1.807, 2.05) is 31.1 Å². The maximum atomic E-state index is 13.3. The molecule has 0 aliphatic carbocycles. The van der Waals surface area contributed by atoms with Gasteiger partial charge in [0.25, 0.3) is 5.91 Å². The van der Waals surface area contributed by atoms with Crippen molar-refractivity contribution in [2.75, 3.05) is 20.2 Å². The molecule has 0 spiro atoms. The quantitative estimate of drug-likeness (QED) is 0.552. The zero-order valence-electron chi connectivity index (χ0n) is 19.1. The summed E-state index contributed by atoms with van der Waals surface area (Å²) < 4.78 is 18.9. The van der Waals surface area contributed by atoms with E-state index in [4.69, 9.17) is 14.0 Å². The van der Waals surface area contributed by atoms with Crippen LogP contribution in [-0.2, 0) is 13.0 Å². The zero-order valence-corrected chi connectivity index (χ0v) is 19.1. The maximum absolute atomic E-state index is 13.3. The summed E-state index contributed by atoms with van der Waals surface area (Å²) in [6, 6.07) is 5.59. The van der Waals surface area contributed by atoms with E-state index in [1.165, 1.54) is 0 Å². The van der Waals surface area contributed by atoms with Gasteiger partial charge in [0.1, 0.15) is 18.2 Å². The van der Waals surface area contributed by atoms with Crippen molar-refractivity contribution in [1.29, 1.82) is 0 Å². The SMILES string of the molecule is CCc1nccn1C1CCCN(C(=O)c2ccc(OCc3c(C)noc3C)c(OC)c2)C1. The fraction of sp³-hybridized carbons (Fsp3) is 0.458. The number of carbonyl (C=O) groups excluding carboxylic acids is 1. The summed E-state index contributed by atoms with van der Waals surface area (Å²) in [4.78, 5) is 19.6. The Morgan fingerprint density at radius 3 is 2.84 bits per heavy atom. The highest BCUT2D eigenvalue weighted by Gasteiger charge is 2.27. The smallest absolute Gasteiger partial charge is 0.254 e. The molecule has 170 valence electrons. The summed E-state index contributed by atoms with van der Waals surface area (Å²) >= 11 is 0. The Hall–Kier alpha value is -3.29. The molecule has 3 heterocycles. The van der Waals surface area contributed by atoms with E-state index < -0.39 is 0 Å². The van der Waals surface area contributed by atoms with Crippen molar-refractivity contribution >= 4 is 5.91 Å². The number of aryl methyl sites for hydroxylation is 3. The Morgan fingerprint density at radius 1 is 1.28 bits per heavy atom. The van der Waals surface area contributed by atoms with Gasteiger partial charge in [0.05, 0.1) is 24.4 Å². The number of hydrogen-bond donors (Lipinski definition) is 0. The van der Waals surface area contributed by atoms with Crippen molar-refractivity contribution in [2.24, 2.45) is 0 Å². The number of likely N-dealkylation sites (tertiary alicyclic amines) is 1. The van der Waals surface area contributed by atoms with E-state index in [2.05, 4.69) is 21.6 Å². The second kappa shape index (κ2) is 9.46. The normalized spacial score (nSPS) is 16.2. The van der Waals surface area contributed by atoms with Gasteiger partial charge in [-0.3, -0.25) is 4.79 Å². The number of methoxy groups -OCH3 is 1. The lowest BCUT2D eigenvalue weighted by Gasteiger charge is -2.34. The standard InChI is InChI=1S/C24H30N4O4/c1-5-23-25-10-12-28(23)19-7-6-11-27(14-19)24(29)18-8-9-21(22(13-18)30-4)31-15-20-16(2)26-32-17(20)3/h8-10,12-13,19H,5-7,11,14-15H2,1-4H3. The van der Waals surface area contributed by atoms with Crippen LogP contribution >= 0.6 is 0 Å². The van der Waals surface area contributed by atoms with Crippen LogP contribution in [0.1, 0.15) is 59.0 Å². The summed E-state index contributed by atoms with van der Waals surface area (Å²) in [5.41, 5.74) is 2.31. The third-order valence-corrected chi connectivity index (χ3v) is 6.11. The first kappa shape index (κ1) is 21.9. The van der Waals surface area contributed by atoms with Crippen molar-refractivity contribution in [1.82, 2.24) is 19.6 Å². The molecule has 1 atom stereocenters. The zero-order chi connectivity index (χ0) is 22.7. The molecule has 0 N–H and O–H groups in total. The molecule has 0 bridgehead atoms. The highest BCUT2D eigenvalue weighted by atomic mass is 16.5. The third kappa shape index (κ3) is 4.35. The lowest BCUT2D eigenvalue weighted by Crippen LogP contribution is -2.40. The van der Waals surface area contributed by atoms with E-state index in [0.717, 1.165) is 48.6 Å². The number of benzene rings is 1. The minimum atomic E-state index is 0.00318. The van der Waals surface area contributed by atoms with E-state index in [1.54, 1.807) is 25.3 Å². The van der Waals surface area contributed by atoms with Gasteiger partial charge in [-0.05, 0) is 44.9 Å². The van der Waals surface area contributed by atoms with Crippen LogP contribution in [0.15, 0.2) is 35.1 Å². The molecule has 0 saturated carbocycles. The van der Waals surface area contributed by atoms with Gasteiger partial charge in [0, 0.05) is 37.5 Å². The molecule has 8 heteroatoms. The van der Waals surface area contributed by atoms with Gasteiger partial charge in [-0.2, -0.15) is 0 Å². The van der Waals surface area contributed by atoms with E-state index >= 15 is 0 Å². The number of hydrogen-bond acceptors (Lipinski definition) is 6. The molecule has 1 aromatic carbocycles. The number of imidazole rings is 1. The molecule has 2 aromatic heterocycles. The van der Waals surface area contributed by atoms with Crippen LogP contribution in [0.2, 0.25) is 0 Å². The lowest BCUT2D eigenvalue weighted by molar-refractivity contribution is 0.0677. The molecule has 1 unspecified atom stereocenters. The molecule has 0 radical (unpaired) electrons. The van der Waals surface area contributed by atoms with Gasteiger partial charge in [-0.1, -0.05) is 12.1 Å². The summed E-state index contributed by atoms with van der Waals surface area (Å²) in [5.74, 6) is 2.90. The van der Waals surface area contributed by atoms with Crippen molar-refractivity contribution in [2.45, 2.75) is 52.7 Å². The van der Waals surface area contributed by atoms with E-state index in [0.29, 0.717) is 30.2 Å². The topological polar surface area (TPSA) is 82.6 Å². The maximum Gasteiger partial charge on any atom is 0.254 e. The number of nitrogens with zero attached hydrogens (tertiary/aromatic N) is 4. The van der Waals surface area contributed by atoms with Gasteiger partial charge in [0.2, 0.25) is 0 Å². The number of carbonyl (C=O) groups is 1. The molecule has 1 saturated heterocycles. The highest BCUT2D eigenvalue weighted by molar-refractivity contribution is 5.95. The minimum absolute atomic E-state index is 0.00318. The Kier molecular flexibility index (Phi) is 6.48. The van der Waals surface area contributed by atoms with Crippen molar-refractivity contribution in [3.63, 3.8) is 0 Å². The number of aromatic nitrogens is 3. The van der Waals surface area contributed by atoms with Crippen molar-refractivity contribution < 1.29 is 18.8 Å². The van der Waals surface area contributed by atoms with E-state index in [9.17, 15) is 4.79 Å². The molecule has 1 amide bonds. The van der Waals surface area contributed by atoms with Crippen LogP contribution in [-0.4, -0.2) is 45.7 Å². The highest BCUT2D eigenvalue weighted by Crippen LogP contribution is 2.31. The second-order valence-electron chi connectivity index (χ2n) is 8.11. The predicted octanol–water partition coefficient (Wildman–Crippen LogP) is 4.12. The van der Waals surface area contributed by atoms with Crippen LogP contribution in [0.3, 0.4) is 0 Å². The largest absolute Gasteiger partial charge is 0.493 e. The van der Waals surface area contributed by atoms with Crippen LogP contribution in [0.4, 0.5) is 0 Å². The molecule has 4 rings (SSSR count). The first-order valence-electron chi connectivity index (χ1n) is 11.0. The molecular formula is C24H30N4O4. The van der Waals surface area contributed by atoms with Gasteiger partial charge in [-0.15, -0.1) is 0 Å².